The largest absolute Gasteiger partial charge is 0.370 e. The molecular weight excluding hydrogens is 465 g/mol. The fraction of sp³-hybridized carbons (Fsp3) is 0.700. The molecule has 7 nitrogen and oxygen atoms in total. The zero-order valence-corrected chi connectivity index (χ0v) is 19.6. The molecule has 0 saturated carbocycles. The number of nitrogens with zero attached hydrogens (tertiary/aromatic N) is 5. The van der Waals surface area contributed by atoms with Crippen molar-refractivity contribution in [2.45, 2.75) is 39.3 Å². The second-order valence-corrected chi connectivity index (χ2v) is 7.45. The molecule has 2 fully saturated rings. The van der Waals surface area contributed by atoms with Gasteiger partial charge in [-0.3, -0.25) is 4.90 Å². The molecule has 2 saturated heterocycles. The minimum absolute atomic E-state index is 0. The summed E-state index contributed by atoms with van der Waals surface area (Å²) in [6.07, 6.45) is 4.41. The van der Waals surface area contributed by atoms with E-state index in [4.69, 9.17) is 5.73 Å². The Morgan fingerprint density at radius 3 is 2.71 bits per heavy atom. The first kappa shape index (κ1) is 23.2. The van der Waals surface area contributed by atoms with E-state index in [-0.39, 0.29) is 24.0 Å². The quantitative estimate of drug-likeness (QED) is 0.337. The molecule has 1 aromatic rings. The summed E-state index contributed by atoms with van der Waals surface area (Å²) in [7, 11) is 0. The Morgan fingerprint density at radius 1 is 1.21 bits per heavy atom. The molecule has 0 amide bonds. The Labute approximate surface area is 186 Å². The van der Waals surface area contributed by atoms with Gasteiger partial charge in [0.2, 0.25) is 0 Å². The molecule has 2 aliphatic rings. The average molecular weight is 501 g/mol. The molecule has 8 heteroatoms. The van der Waals surface area contributed by atoms with Crippen molar-refractivity contribution in [1.82, 2.24) is 20.1 Å². The van der Waals surface area contributed by atoms with Crippen LogP contribution in [0.5, 0.6) is 0 Å². The molecule has 3 N–H and O–H groups in total. The lowest BCUT2D eigenvalue weighted by Crippen LogP contribution is -2.46. The molecule has 0 aromatic carbocycles. The standard InChI is InChI=1S/C20H35N7.HI/c1-3-25-10-12-27(13-11-25)19-14-17(7-8-22-19)15-23-20(21)24-16-18-6-5-9-26(18)4-2;/h7-8,14,18H,3-6,9-13,15-16H2,1-2H3,(H3,21,23,24);1H. The summed E-state index contributed by atoms with van der Waals surface area (Å²) in [5, 5.41) is 3.30. The lowest BCUT2D eigenvalue weighted by molar-refractivity contribution is 0.267. The third-order valence-electron chi connectivity index (χ3n) is 5.81. The van der Waals surface area contributed by atoms with Crippen LogP contribution in [0.15, 0.2) is 23.3 Å². The van der Waals surface area contributed by atoms with E-state index < -0.39 is 0 Å². The number of piperazine rings is 1. The lowest BCUT2D eigenvalue weighted by Gasteiger charge is -2.34. The SMILES string of the molecule is CCN1CCN(c2cc(CN=C(N)NCC3CCCN3CC)ccn2)CC1.I. The van der Waals surface area contributed by atoms with Crippen molar-refractivity contribution in [2.75, 3.05) is 57.3 Å². The Bertz CT molecular complexity index is 616. The minimum Gasteiger partial charge on any atom is -0.370 e. The molecule has 0 spiro atoms. The van der Waals surface area contributed by atoms with E-state index in [0.717, 1.165) is 57.2 Å². The number of halogens is 1. The van der Waals surface area contributed by atoms with Gasteiger partial charge in [0.1, 0.15) is 5.82 Å². The van der Waals surface area contributed by atoms with E-state index in [1.165, 1.54) is 19.4 Å². The van der Waals surface area contributed by atoms with Crippen molar-refractivity contribution in [1.29, 1.82) is 0 Å². The second-order valence-electron chi connectivity index (χ2n) is 7.45. The molecular formula is C20H36IN7. The zero-order chi connectivity index (χ0) is 19.1. The molecule has 28 heavy (non-hydrogen) atoms. The molecule has 3 rings (SSSR count). The third-order valence-corrected chi connectivity index (χ3v) is 5.81. The maximum atomic E-state index is 6.09. The number of rotatable bonds is 7. The normalized spacial score (nSPS) is 21.6. The van der Waals surface area contributed by atoms with Crippen LogP contribution in [0.3, 0.4) is 0 Å². The van der Waals surface area contributed by atoms with Gasteiger partial charge in [0.15, 0.2) is 5.96 Å². The smallest absolute Gasteiger partial charge is 0.188 e. The van der Waals surface area contributed by atoms with Gasteiger partial charge in [0, 0.05) is 45.0 Å². The second kappa shape index (κ2) is 11.8. The highest BCUT2D eigenvalue weighted by atomic mass is 127. The number of nitrogens with two attached hydrogens (primary N) is 1. The van der Waals surface area contributed by atoms with Crippen molar-refractivity contribution in [3.8, 4) is 0 Å². The number of hydrogen-bond acceptors (Lipinski definition) is 5. The summed E-state index contributed by atoms with van der Waals surface area (Å²) in [5.41, 5.74) is 7.24. The summed E-state index contributed by atoms with van der Waals surface area (Å²) in [4.78, 5) is 16.4. The van der Waals surface area contributed by atoms with Gasteiger partial charge in [-0.05, 0) is 50.2 Å². The maximum Gasteiger partial charge on any atom is 0.188 e. The molecule has 0 aliphatic carbocycles. The first-order chi connectivity index (χ1) is 13.2. The van der Waals surface area contributed by atoms with Crippen LogP contribution in [0.25, 0.3) is 0 Å². The highest BCUT2D eigenvalue weighted by Gasteiger charge is 2.22. The summed E-state index contributed by atoms with van der Waals surface area (Å²) < 4.78 is 0. The van der Waals surface area contributed by atoms with Crippen LogP contribution in [0.1, 0.15) is 32.3 Å². The number of likely N-dealkylation sites (N-methyl/N-ethyl adjacent to an activating group) is 2. The first-order valence-electron chi connectivity index (χ1n) is 10.4. The number of anilines is 1. The van der Waals surface area contributed by atoms with Gasteiger partial charge in [-0.1, -0.05) is 13.8 Å². The molecule has 0 bridgehead atoms. The number of aliphatic imine (C=N–C) groups is 1. The summed E-state index contributed by atoms with van der Waals surface area (Å²) in [6, 6.07) is 4.75. The van der Waals surface area contributed by atoms with Crippen LogP contribution in [0.4, 0.5) is 5.82 Å². The van der Waals surface area contributed by atoms with E-state index in [1.54, 1.807) is 0 Å². The Balaban J connectivity index is 0.00000280. The third kappa shape index (κ3) is 6.45. The number of likely N-dealkylation sites (tertiary alicyclic amines) is 1. The number of pyridine rings is 1. The van der Waals surface area contributed by atoms with Gasteiger partial charge in [-0.15, -0.1) is 24.0 Å². The molecule has 158 valence electrons. The van der Waals surface area contributed by atoms with E-state index in [9.17, 15) is 0 Å². The lowest BCUT2D eigenvalue weighted by atomic mass is 10.2. The molecule has 1 unspecified atom stereocenters. The van der Waals surface area contributed by atoms with E-state index >= 15 is 0 Å². The number of hydrogen-bond donors (Lipinski definition) is 2. The molecule has 1 atom stereocenters. The van der Waals surface area contributed by atoms with Crippen LogP contribution in [-0.2, 0) is 6.54 Å². The highest BCUT2D eigenvalue weighted by Crippen LogP contribution is 2.16. The predicted molar refractivity (Wildman–Crippen MR) is 128 cm³/mol. The van der Waals surface area contributed by atoms with Crippen molar-refractivity contribution in [3.63, 3.8) is 0 Å². The summed E-state index contributed by atoms with van der Waals surface area (Å²) in [6.45, 7) is 13.6. The molecule has 3 heterocycles. The van der Waals surface area contributed by atoms with Gasteiger partial charge in [0.25, 0.3) is 0 Å². The van der Waals surface area contributed by atoms with Crippen LogP contribution in [-0.4, -0.2) is 79.1 Å². The van der Waals surface area contributed by atoms with E-state index in [1.807, 2.05) is 12.3 Å². The zero-order valence-electron chi connectivity index (χ0n) is 17.3. The highest BCUT2D eigenvalue weighted by molar-refractivity contribution is 14.0. The Hall–Kier alpha value is -1.13. The van der Waals surface area contributed by atoms with Gasteiger partial charge >= 0.3 is 0 Å². The average Bonchev–Trinajstić information content (AvgIpc) is 3.18. The molecule has 0 radical (unpaired) electrons. The predicted octanol–water partition coefficient (Wildman–Crippen LogP) is 1.73. The van der Waals surface area contributed by atoms with Crippen molar-refractivity contribution in [3.05, 3.63) is 23.9 Å². The topological polar surface area (TPSA) is 73.0 Å². The number of nitrogens with one attached hydrogen (secondary N) is 1. The van der Waals surface area contributed by atoms with Crippen LogP contribution < -0.4 is 16.0 Å². The minimum atomic E-state index is 0. The van der Waals surface area contributed by atoms with Gasteiger partial charge in [-0.2, -0.15) is 0 Å². The number of guanidine groups is 1. The van der Waals surface area contributed by atoms with Gasteiger partial charge < -0.3 is 20.9 Å². The van der Waals surface area contributed by atoms with Crippen LogP contribution >= 0.6 is 24.0 Å². The van der Waals surface area contributed by atoms with E-state index in [2.05, 4.69) is 49.9 Å². The Morgan fingerprint density at radius 2 is 2.00 bits per heavy atom. The van der Waals surface area contributed by atoms with Gasteiger partial charge in [0.05, 0.1) is 6.54 Å². The van der Waals surface area contributed by atoms with E-state index in [0.29, 0.717) is 18.5 Å². The Kier molecular flexibility index (Phi) is 9.73. The monoisotopic (exact) mass is 501 g/mol. The number of aromatic nitrogens is 1. The van der Waals surface area contributed by atoms with Crippen molar-refractivity contribution in [2.24, 2.45) is 10.7 Å². The van der Waals surface area contributed by atoms with Crippen LogP contribution in [0, 0.1) is 0 Å². The summed E-state index contributed by atoms with van der Waals surface area (Å²) in [5.74, 6) is 1.59. The van der Waals surface area contributed by atoms with Gasteiger partial charge in [-0.25, -0.2) is 9.98 Å². The maximum absolute atomic E-state index is 6.09. The van der Waals surface area contributed by atoms with Crippen molar-refractivity contribution >= 4 is 35.8 Å². The fourth-order valence-electron chi connectivity index (χ4n) is 4.02. The fourth-order valence-corrected chi connectivity index (χ4v) is 4.02. The molecule has 1 aromatic heterocycles. The molecule has 2 aliphatic heterocycles. The van der Waals surface area contributed by atoms with Crippen molar-refractivity contribution < 1.29 is 0 Å². The summed E-state index contributed by atoms with van der Waals surface area (Å²) >= 11 is 0. The first-order valence-corrected chi connectivity index (χ1v) is 10.4. The van der Waals surface area contributed by atoms with Crippen LogP contribution in [0.2, 0.25) is 0 Å².